The summed E-state index contributed by atoms with van der Waals surface area (Å²) in [7, 11) is -3.23. The predicted octanol–water partition coefficient (Wildman–Crippen LogP) is 3.53. The van der Waals surface area contributed by atoms with E-state index < -0.39 is 10.0 Å². The van der Waals surface area contributed by atoms with Crippen LogP contribution in [0.3, 0.4) is 0 Å². The van der Waals surface area contributed by atoms with E-state index >= 15 is 0 Å². The first-order valence-corrected chi connectivity index (χ1v) is 12.3. The monoisotopic (exact) mass is 502 g/mol. The molecule has 164 valence electrons. The van der Waals surface area contributed by atoms with Crippen LogP contribution < -0.4 is 0 Å². The van der Waals surface area contributed by atoms with Crippen LogP contribution in [0.5, 0.6) is 0 Å². The standard InChI is InChI=1S/C19H24BrFN4O4S/c20-15-12-14(7-8-16(15)21)13-18(22-26)19-17(23-29-24-19)6-2-5-11-30(27,28)25-9-3-1-4-10-25/h7-8,12,26H,1-6,9-11,13H2/b22-18+. The number of hydrogen-bond acceptors (Lipinski definition) is 7. The average molecular weight is 503 g/mol. The van der Waals surface area contributed by atoms with Crippen LogP contribution in [0.4, 0.5) is 4.39 Å². The van der Waals surface area contributed by atoms with Crippen LogP contribution in [0.25, 0.3) is 0 Å². The van der Waals surface area contributed by atoms with Crippen molar-refractivity contribution in [3.05, 3.63) is 45.4 Å². The topological polar surface area (TPSA) is 109 Å². The Labute approximate surface area is 183 Å². The molecule has 0 bridgehead atoms. The van der Waals surface area contributed by atoms with E-state index in [1.807, 2.05) is 0 Å². The lowest BCUT2D eigenvalue weighted by Gasteiger charge is -2.25. The molecule has 0 aliphatic carbocycles. The number of halogens is 2. The molecule has 0 radical (unpaired) electrons. The zero-order valence-electron chi connectivity index (χ0n) is 16.4. The maximum atomic E-state index is 13.4. The summed E-state index contributed by atoms with van der Waals surface area (Å²) in [5.74, 6) is -0.289. The van der Waals surface area contributed by atoms with Crippen molar-refractivity contribution in [1.82, 2.24) is 14.6 Å². The number of nitrogens with zero attached hydrogens (tertiary/aromatic N) is 4. The third-order valence-electron chi connectivity index (χ3n) is 5.08. The summed E-state index contributed by atoms with van der Waals surface area (Å²) in [4.78, 5) is 0. The van der Waals surface area contributed by atoms with E-state index in [9.17, 15) is 18.0 Å². The van der Waals surface area contributed by atoms with Gasteiger partial charge < -0.3 is 5.21 Å². The predicted molar refractivity (Wildman–Crippen MR) is 113 cm³/mol. The molecule has 1 saturated heterocycles. The van der Waals surface area contributed by atoms with Gasteiger partial charge in [0.1, 0.15) is 17.2 Å². The first-order chi connectivity index (χ1) is 14.4. The van der Waals surface area contributed by atoms with Gasteiger partial charge in [-0.15, -0.1) is 0 Å². The first-order valence-electron chi connectivity index (χ1n) is 9.85. The highest BCUT2D eigenvalue weighted by Gasteiger charge is 2.23. The summed E-state index contributed by atoms with van der Waals surface area (Å²) in [6.07, 6.45) is 4.64. The van der Waals surface area contributed by atoms with E-state index in [-0.39, 0.29) is 23.7 Å². The van der Waals surface area contributed by atoms with Crippen LogP contribution in [-0.2, 0) is 22.9 Å². The van der Waals surface area contributed by atoms with Gasteiger partial charge in [0, 0.05) is 19.5 Å². The second-order valence-corrected chi connectivity index (χ2v) is 10.2. The van der Waals surface area contributed by atoms with Gasteiger partial charge in [-0.1, -0.05) is 22.8 Å². The molecule has 1 aromatic carbocycles. The van der Waals surface area contributed by atoms with Crippen LogP contribution in [0.1, 0.15) is 49.1 Å². The van der Waals surface area contributed by atoms with E-state index in [0.717, 1.165) is 24.8 Å². The minimum absolute atomic E-state index is 0.0954. The minimum Gasteiger partial charge on any atom is -0.411 e. The number of aromatic nitrogens is 2. The quantitative estimate of drug-likeness (QED) is 0.243. The Hall–Kier alpha value is -1.85. The number of unbranched alkanes of at least 4 members (excludes halogenated alkanes) is 1. The Morgan fingerprint density at radius 1 is 1.23 bits per heavy atom. The SMILES string of the molecule is O=S(=O)(CCCCc1nonc1/C(Cc1ccc(F)c(Br)c1)=N/O)N1CCCCC1. The summed E-state index contributed by atoms with van der Waals surface area (Å²) < 4.78 is 45.0. The molecule has 1 aliphatic heterocycles. The van der Waals surface area contributed by atoms with Crippen molar-refractivity contribution in [2.45, 2.75) is 44.9 Å². The maximum Gasteiger partial charge on any atom is 0.214 e. The first kappa shape index (κ1) is 22.8. The molecular formula is C19H24BrFN4O4S. The fourth-order valence-corrected chi connectivity index (χ4v) is 5.52. The van der Waals surface area contributed by atoms with E-state index in [1.165, 1.54) is 6.07 Å². The Morgan fingerprint density at radius 3 is 2.70 bits per heavy atom. The van der Waals surface area contributed by atoms with Gasteiger partial charge in [-0.05, 0) is 70.9 Å². The Bertz CT molecular complexity index is 990. The lowest BCUT2D eigenvalue weighted by Crippen LogP contribution is -2.37. The molecule has 0 unspecified atom stereocenters. The van der Waals surface area contributed by atoms with Gasteiger partial charge in [-0.2, -0.15) is 0 Å². The zero-order valence-corrected chi connectivity index (χ0v) is 18.8. The number of oxime groups is 1. The molecule has 1 fully saturated rings. The summed E-state index contributed by atoms with van der Waals surface area (Å²) >= 11 is 3.13. The number of benzene rings is 1. The van der Waals surface area contributed by atoms with E-state index in [2.05, 4.69) is 31.4 Å². The van der Waals surface area contributed by atoms with Crippen molar-refractivity contribution in [3.63, 3.8) is 0 Å². The molecule has 30 heavy (non-hydrogen) atoms. The lowest BCUT2D eigenvalue weighted by atomic mass is 10.0. The van der Waals surface area contributed by atoms with Gasteiger partial charge in [0.2, 0.25) is 10.0 Å². The zero-order chi connectivity index (χ0) is 21.6. The van der Waals surface area contributed by atoms with Crippen molar-refractivity contribution < 1.29 is 22.6 Å². The largest absolute Gasteiger partial charge is 0.411 e. The lowest BCUT2D eigenvalue weighted by molar-refractivity contribution is 0.300. The fourth-order valence-electron chi connectivity index (χ4n) is 3.45. The van der Waals surface area contributed by atoms with Crippen molar-refractivity contribution >= 4 is 31.7 Å². The third-order valence-corrected chi connectivity index (χ3v) is 7.64. The van der Waals surface area contributed by atoms with Gasteiger partial charge in [-0.25, -0.2) is 21.7 Å². The molecule has 0 spiro atoms. The minimum atomic E-state index is -3.23. The summed E-state index contributed by atoms with van der Waals surface area (Å²) in [5.41, 5.74) is 1.78. The smallest absolute Gasteiger partial charge is 0.214 e. The van der Waals surface area contributed by atoms with Gasteiger partial charge >= 0.3 is 0 Å². The number of hydrogen-bond donors (Lipinski definition) is 1. The Kier molecular flexibility index (Phi) is 7.95. The highest BCUT2D eigenvalue weighted by Crippen LogP contribution is 2.20. The molecule has 1 N–H and O–H groups in total. The Morgan fingerprint density at radius 2 is 2.00 bits per heavy atom. The van der Waals surface area contributed by atoms with Gasteiger partial charge in [0.25, 0.3) is 0 Å². The van der Waals surface area contributed by atoms with Crippen LogP contribution >= 0.6 is 15.9 Å². The van der Waals surface area contributed by atoms with Crippen LogP contribution in [0.2, 0.25) is 0 Å². The third kappa shape index (κ3) is 5.86. The molecule has 11 heteroatoms. The van der Waals surface area contributed by atoms with Gasteiger partial charge in [0.05, 0.1) is 10.2 Å². The van der Waals surface area contributed by atoms with Crippen LogP contribution in [-0.4, -0.2) is 52.8 Å². The van der Waals surface area contributed by atoms with Gasteiger partial charge in [0.15, 0.2) is 5.69 Å². The van der Waals surface area contributed by atoms with Crippen LogP contribution in [0, 0.1) is 5.82 Å². The maximum absolute atomic E-state index is 13.4. The van der Waals surface area contributed by atoms with Crippen LogP contribution in [0.15, 0.2) is 32.5 Å². The molecule has 8 nitrogen and oxygen atoms in total. The van der Waals surface area contributed by atoms with E-state index in [1.54, 1.807) is 16.4 Å². The van der Waals surface area contributed by atoms with Crippen molar-refractivity contribution in [2.75, 3.05) is 18.8 Å². The molecular weight excluding hydrogens is 479 g/mol. The number of piperidine rings is 1. The second-order valence-electron chi connectivity index (χ2n) is 7.26. The molecule has 2 aromatic rings. The summed E-state index contributed by atoms with van der Waals surface area (Å²) in [6.45, 7) is 1.21. The van der Waals surface area contributed by atoms with Crippen molar-refractivity contribution in [2.24, 2.45) is 5.16 Å². The van der Waals surface area contributed by atoms with Gasteiger partial charge in [-0.3, -0.25) is 0 Å². The number of sulfonamides is 1. The molecule has 1 aromatic heterocycles. The highest BCUT2D eigenvalue weighted by molar-refractivity contribution is 9.10. The second kappa shape index (κ2) is 10.5. The molecule has 3 rings (SSSR count). The molecule has 1 aliphatic rings. The Balaban J connectivity index is 1.57. The average Bonchev–Trinajstić information content (AvgIpc) is 3.21. The number of rotatable bonds is 9. The van der Waals surface area contributed by atoms with Crippen molar-refractivity contribution in [3.8, 4) is 0 Å². The molecule has 0 saturated carbocycles. The molecule has 0 atom stereocenters. The molecule has 0 amide bonds. The highest BCUT2D eigenvalue weighted by atomic mass is 79.9. The van der Waals surface area contributed by atoms with Crippen molar-refractivity contribution in [1.29, 1.82) is 0 Å². The van der Waals surface area contributed by atoms with E-state index in [0.29, 0.717) is 48.2 Å². The normalized spacial score (nSPS) is 16.1. The number of aryl methyl sites for hydroxylation is 1. The molecule has 2 heterocycles. The summed E-state index contributed by atoms with van der Waals surface area (Å²) in [6, 6.07) is 4.50. The fraction of sp³-hybridized carbons (Fsp3) is 0.526. The summed E-state index contributed by atoms with van der Waals surface area (Å²) in [5, 5.41) is 20.5. The van der Waals surface area contributed by atoms with E-state index in [4.69, 9.17) is 4.63 Å².